The van der Waals surface area contributed by atoms with Gasteiger partial charge in [0.05, 0.1) is 12.7 Å². The predicted molar refractivity (Wildman–Crippen MR) is 104 cm³/mol. The van der Waals surface area contributed by atoms with Gasteiger partial charge in [-0.1, -0.05) is 26.0 Å². The number of primary amides is 1. The molecule has 1 aliphatic rings. The van der Waals surface area contributed by atoms with Crippen molar-refractivity contribution in [3.8, 4) is 0 Å². The molecule has 1 heterocycles. The normalized spacial score (nSPS) is 18.8. The number of rotatable bonds is 7. The maximum atomic E-state index is 11.3. The van der Waals surface area contributed by atoms with Crippen LogP contribution in [0.1, 0.15) is 29.8 Å². The largest absolute Gasteiger partial charge is 0.374 e. The number of carbonyl (C=O) groups is 1. The Labute approximate surface area is 156 Å². The summed E-state index contributed by atoms with van der Waals surface area (Å²) >= 11 is 0. The highest BCUT2D eigenvalue weighted by atomic mass is 16.5. The zero-order valence-electron chi connectivity index (χ0n) is 16.0. The van der Waals surface area contributed by atoms with Crippen LogP contribution in [-0.2, 0) is 11.3 Å². The molecule has 1 fully saturated rings. The van der Waals surface area contributed by atoms with Gasteiger partial charge in [0.1, 0.15) is 0 Å². The van der Waals surface area contributed by atoms with Crippen LogP contribution in [0.15, 0.2) is 29.3 Å². The minimum Gasteiger partial charge on any atom is -0.374 e. The lowest BCUT2D eigenvalue weighted by atomic mass is 10.1. The van der Waals surface area contributed by atoms with E-state index in [1.165, 1.54) is 0 Å². The lowest BCUT2D eigenvalue weighted by molar-refractivity contribution is -0.0284. The molecule has 1 aliphatic heterocycles. The van der Waals surface area contributed by atoms with Crippen LogP contribution in [0.25, 0.3) is 0 Å². The van der Waals surface area contributed by atoms with Gasteiger partial charge in [0.25, 0.3) is 0 Å². The molecular weight excluding hydrogens is 330 g/mol. The van der Waals surface area contributed by atoms with Crippen molar-refractivity contribution >= 4 is 11.9 Å². The summed E-state index contributed by atoms with van der Waals surface area (Å²) in [4.78, 5) is 18.0. The second-order valence-electron chi connectivity index (χ2n) is 7.02. The van der Waals surface area contributed by atoms with E-state index >= 15 is 0 Å². The van der Waals surface area contributed by atoms with Crippen LogP contribution in [0.5, 0.6) is 0 Å². The Morgan fingerprint density at radius 1 is 1.42 bits per heavy atom. The van der Waals surface area contributed by atoms with Gasteiger partial charge < -0.3 is 21.1 Å². The molecule has 7 heteroatoms. The quantitative estimate of drug-likeness (QED) is 0.494. The monoisotopic (exact) mass is 361 g/mol. The van der Waals surface area contributed by atoms with Crippen molar-refractivity contribution in [3.05, 3.63) is 35.4 Å². The van der Waals surface area contributed by atoms with Crippen LogP contribution in [0.3, 0.4) is 0 Å². The van der Waals surface area contributed by atoms with Gasteiger partial charge in [-0.2, -0.15) is 0 Å². The van der Waals surface area contributed by atoms with E-state index in [0.717, 1.165) is 31.8 Å². The van der Waals surface area contributed by atoms with Gasteiger partial charge in [-0.05, 0) is 23.6 Å². The molecule has 0 aliphatic carbocycles. The molecule has 0 spiro atoms. The number of benzene rings is 1. The summed E-state index contributed by atoms with van der Waals surface area (Å²) < 4.78 is 5.85. The predicted octanol–water partition coefficient (Wildman–Crippen LogP) is 0.807. The standard InChI is InChI=1S/C19H31N5O2/c1-14(2)12-24-7-8-26-17(13-24)11-23-19(21-3)22-10-15-5-4-6-16(9-15)18(20)25/h4-6,9,14,17H,7-8,10-13H2,1-3H3,(H2,20,25)(H2,21,22,23). The first-order valence-corrected chi connectivity index (χ1v) is 9.15. The SMILES string of the molecule is CN=C(NCc1cccc(C(N)=O)c1)NCC1CN(CC(C)C)CCO1. The molecule has 144 valence electrons. The maximum Gasteiger partial charge on any atom is 0.248 e. The summed E-state index contributed by atoms with van der Waals surface area (Å²) in [5, 5.41) is 6.57. The van der Waals surface area contributed by atoms with Gasteiger partial charge in [0.15, 0.2) is 5.96 Å². The number of nitrogens with one attached hydrogen (secondary N) is 2. The number of hydrogen-bond acceptors (Lipinski definition) is 4. The summed E-state index contributed by atoms with van der Waals surface area (Å²) in [6, 6.07) is 7.27. The number of carbonyl (C=O) groups excluding carboxylic acids is 1. The summed E-state index contributed by atoms with van der Waals surface area (Å²) in [7, 11) is 1.74. The molecule has 1 amide bonds. The molecule has 1 aromatic carbocycles. The number of morpholine rings is 1. The molecule has 1 unspecified atom stereocenters. The highest BCUT2D eigenvalue weighted by Crippen LogP contribution is 2.07. The van der Waals surface area contributed by atoms with Crippen LogP contribution in [-0.4, -0.2) is 62.7 Å². The van der Waals surface area contributed by atoms with Crippen molar-refractivity contribution < 1.29 is 9.53 Å². The van der Waals surface area contributed by atoms with Crippen LogP contribution in [0, 0.1) is 5.92 Å². The van der Waals surface area contributed by atoms with Crippen molar-refractivity contribution in [3.63, 3.8) is 0 Å². The Morgan fingerprint density at radius 2 is 2.23 bits per heavy atom. The lowest BCUT2D eigenvalue weighted by Gasteiger charge is -2.34. The van der Waals surface area contributed by atoms with Crippen molar-refractivity contribution in [1.29, 1.82) is 0 Å². The second-order valence-corrected chi connectivity index (χ2v) is 7.02. The van der Waals surface area contributed by atoms with E-state index in [1.807, 2.05) is 12.1 Å². The van der Waals surface area contributed by atoms with E-state index in [9.17, 15) is 4.79 Å². The van der Waals surface area contributed by atoms with Gasteiger partial charge in [-0.15, -0.1) is 0 Å². The molecule has 1 aromatic rings. The van der Waals surface area contributed by atoms with E-state index in [0.29, 0.717) is 30.5 Å². The molecule has 7 nitrogen and oxygen atoms in total. The lowest BCUT2D eigenvalue weighted by Crippen LogP contribution is -2.50. The minimum atomic E-state index is -0.422. The smallest absolute Gasteiger partial charge is 0.248 e. The molecular formula is C19H31N5O2. The fourth-order valence-corrected chi connectivity index (χ4v) is 3.04. The highest BCUT2D eigenvalue weighted by Gasteiger charge is 2.21. The summed E-state index contributed by atoms with van der Waals surface area (Å²) in [5.74, 6) is 0.945. The van der Waals surface area contributed by atoms with Crippen LogP contribution < -0.4 is 16.4 Å². The Kier molecular flexibility index (Phi) is 7.87. The maximum absolute atomic E-state index is 11.3. The van der Waals surface area contributed by atoms with Gasteiger partial charge in [-0.3, -0.25) is 14.7 Å². The van der Waals surface area contributed by atoms with E-state index in [1.54, 1.807) is 19.2 Å². The van der Waals surface area contributed by atoms with E-state index in [2.05, 4.69) is 34.4 Å². The number of nitrogens with two attached hydrogens (primary N) is 1. The van der Waals surface area contributed by atoms with Crippen LogP contribution >= 0.6 is 0 Å². The third-order valence-corrected chi connectivity index (χ3v) is 4.24. The van der Waals surface area contributed by atoms with E-state index in [4.69, 9.17) is 10.5 Å². The molecule has 0 bridgehead atoms. The van der Waals surface area contributed by atoms with Gasteiger partial charge in [0, 0.05) is 45.3 Å². The average molecular weight is 361 g/mol. The van der Waals surface area contributed by atoms with Crippen molar-refractivity contribution in [2.24, 2.45) is 16.6 Å². The molecule has 4 N–H and O–H groups in total. The Bertz CT molecular complexity index is 618. The number of guanidine groups is 1. The first-order chi connectivity index (χ1) is 12.5. The summed E-state index contributed by atoms with van der Waals surface area (Å²) in [6.45, 7) is 9.54. The highest BCUT2D eigenvalue weighted by molar-refractivity contribution is 5.92. The average Bonchev–Trinajstić information content (AvgIpc) is 2.62. The van der Waals surface area contributed by atoms with Gasteiger partial charge in [0.2, 0.25) is 5.91 Å². The summed E-state index contributed by atoms with van der Waals surface area (Å²) in [5.41, 5.74) is 6.80. The van der Waals surface area contributed by atoms with Crippen LogP contribution in [0.4, 0.5) is 0 Å². The van der Waals surface area contributed by atoms with Crippen LogP contribution in [0.2, 0.25) is 0 Å². The Hall–Kier alpha value is -2.12. The molecule has 0 aromatic heterocycles. The Morgan fingerprint density at radius 3 is 2.92 bits per heavy atom. The van der Waals surface area contributed by atoms with Gasteiger partial charge >= 0.3 is 0 Å². The number of aliphatic imine (C=N–C) groups is 1. The third kappa shape index (κ3) is 6.65. The second kappa shape index (κ2) is 10.1. The fraction of sp³-hybridized carbons (Fsp3) is 0.579. The molecule has 26 heavy (non-hydrogen) atoms. The number of nitrogens with zero attached hydrogens (tertiary/aromatic N) is 2. The first-order valence-electron chi connectivity index (χ1n) is 9.15. The van der Waals surface area contributed by atoms with Crippen molar-refractivity contribution in [2.75, 3.05) is 39.8 Å². The number of amides is 1. The summed E-state index contributed by atoms with van der Waals surface area (Å²) in [6.07, 6.45) is 0.152. The van der Waals surface area contributed by atoms with Crippen molar-refractivity contribution in [1.82, 2.24) is 15.5 Å². The molecule has 0 radical (unpaired) electrons. The molecule has 2 rings (SSSR count). The topological polar surface area (TPSA) is 92.0 Å². The third-order valence-electron chi connectivity index (χ3n) is 4.24. The fourth-order valence-electron chi connectivity index (χ4n) is 3.04. The molecule has 1 atom stereocenters. The van der Waals surface area contributed by atoms with E-state index in [-0.39, 0.29) is 6.10 Å². The zero-order valence-corrected chi connectivity index (χ0v) is 16.0. The van der Waals surface area contributed by atoms with Crippen molar-refractivity contribution in [2.45, 2.75) is 26.5 Å². The first kappa shape index (κ1) is 20.2. The van der Waals surface area contributed by atoms with Gasteiger partial charge in [-0.25, -0.2) is 0 Å². The number of hydrogen-bond donors (Lipinski definition) is 3. The minimum absolute atomic E-state index is 0.152. The van der Waals surface area contributed by atoms with E-state index < -0.39 is 5.91 Å². The molecule has 0 saturated carbocycles. The number of ether oxygens (including phenoxy) is 1. The zero-order chi connectivity index (χ0) is 18.9. The molecule has 1 saturated heterocycles. The Balaban J connectivity index is 1.79.